The maximum Gasteiger partial charge on any atom is 0.333 e. The van der Waals surface area contributed by atoms with Crippen LogP contribution in [-0.2, 0) is 25.3 Å². The van der Waals surface area contributed by atoms with Crippen LogP contribution in [0.5, 0.6) is 0 Å². The van der Waals surface area contributed by atoms with E-state index in [-0.39, 0.29) is 23.0 Å². The number of esters is 1. The van der Waals surface area contributed by atoms with Crippen LogP contribution in [0.2, 0.25) is 18.1 Å². The summed E-state index contributed by atoms with van der Waals surface area (Å²) in [6.07, 6.45) is 2.66. The molecule has 2 rings (SSSR count). The van der Waals surface area contributed by atoms with E-state index in [4.69, 9.17) is 13.9 Å². The van der Waals surface area contributed by atoms with Crippen molar-refractivity contribution >= 4 is 14.3 Å². The average molecular weight is 377 g/mol. The SMILES string of the molecule is COC(=O)C1=CC[C@H](O[Si](C)(C)C(C)(C)C)[C@H]1COCc1ccccc1. The van der Waals surface area contributed by atoms with Crippen molar-refractivity contribution in [2.24, 2.45) is 5.92 Å². The highest BCUT2D eigenvalue weighted by Gasteiger charge is 2.43. The molecule has 1 aromatic carbocycles. The first-order valence-electron chi connectivity index (χ1n) is 9.23. The summed E-state index contributed by atoms with van der Waals surface area (Å²) in [5.41, 5.74) is 1.81. The lowest BCUT2D eigenvalue weighted by Crippen LogP contribution is -2.46. The molecule has 144 valence electrons. The second-order valence-corrected chi connectivity index (χ2v) is 13.2. The molecule has 0 aromatic heterocycles. The highest BCUT2D eigenvalue weighted by molar-refractivity contribution is 6.74. The molecular weight excluding hydrogens is 344 g/mol. The third-order valence-electron chi connectivity index (χ3n) is 5.50. The zero-order chi connectivity index (χ0) is 19.4. The molecule has 0 aliphatic heterocycles. The molecule has 26 heavy (non-hydrogen) atoms. The number of hydrogen-bond acceptors (Lipinski definition) is 4. The van der Waals surface area contributed by atoms with Crippen LogP contribution in [0, 0.1) is 5.92 Å². The Hall–Kier alpha value is -1.43. The minimum atomic E-state index is -1.93. The molecule has 0 heterocycles. The first-order chi connectivity index (χ1) is 12.2. The molecule has 0 saturated heterocycles. The summed E-state index contributed by atoms with van der Waals surface area (Å²) < 4.78 is 17.5. The van der Waals surface area contributed by atoms with Crippen LogP contribution in [-0.4, -0.2) is 34.1 Å². The van der Waals surface area contributed by atoms with E-state index >= 15 is 0 Å². The van der Waals surface area contributed by atoms with E-state index in [0.717, 1.165) is 12.0 Å². The fourth-order valence-electron chi connectivity index (χ4n) is 2.87. The lowest BCUT2D eigenvalue weighted by Gasteiger charge is -2.40. The Kier molecular flexibility index (Phi) is 6.83. The van der Waals surface area contributed by atoms with Gasteiger partial charge in [-0.15, -0.1) is 0 Å². The van der Waals surface area contributed by atoms with Gasteiger partial charge in [0.15, 0.2) is 8.32 Å². The largest absolute Gasteiger partial charge is 0.466 e. The van der Waals surface area contributed by atoms with Gasteiger partial charge < -0.3 is 13.9 Å². The van der Waals surface area contributed by atoms with Crippen molar-refractivity contribution in [3.8, 4) is 0 Å². The average Bonchev–Trinajstić information content (AvgIpc) is 2.96. The molecule has 0 spiro atoms. The Bertz CT molecular complexity index is 631. The lowest BCUT2D eigenvalue weighted by molar-refractivity contribution is -0.137. The topological polar surface area (TPSA) is 44.8 Å². The molecule has 5 heteroatoms. The van der Waals surface area contributed by atoms with Gasteiger partial charge in [0.2, 0.25) is 0 Å². The number of hydrogen-bond donors (Lipinski definition) is 0. The Morgan fingerprint density at radius 1 is 1.19 bits per heavy atom. The van der Waals surface area contributed by atoms with Crippen LogP contribution >= 0.6 is 0 Å². The number of carbonyl (C=O) groups excluding carboxylic acids is 1. The van der Waals surface area contributed by atoms with Crippen LogP contribution in [0.3, 0.4) is 0 Å². The van der Waals surface area contributed by atoms with Gasteiger partial charge in [-0.1, -0.05) is 57.2 Å². The van der Waals surface area contributed by atoms with Crippen LogP contribution < -0.4 is 0 Å². The van der Waals surface area contributed by atoms with Crippen molar-refractivity contribution < 1.29 is 18.7 Å². The Morgan fingerprint density at radius 3 is 2.42 bits per heavy atom. The highest BCUT2D eigenvalue weighted by Crippen LogP contribution is 2.41. The number of benzene rings is 1. The number of rotatable bonds is 7. The maximum atomic E-state index is 12.2. The van der Waals surface area contributed by atoms with Gasteiger partial charge in [-0.3, -0.25) is 0 Å². The van der Waals surface area contributed by atoms with Gasteiger partial charge in [-0.25, -0.2) is 4.79 Å². The smallest absolute Gasteiger partial charge is 0.333 e. The van der Waals surface area contributed by atoms with E-state index in [2.05, 4.69) is 33.9 Å². The number of carbonyl (C=O) groups is 1. The normalized spacial score (nSPS) is 20.8. The molecule has 0 bridgehead atoms. The molecule has 4 nitrogen and oxygen atoms in total. The van der Waals surface area contributed by atoms with Gasteiger partial charge in [-0.05, 0) is 30.1 Å². The maximum absolute atomic E-state index is 12.2. The summed E-state index contributed by atoms with van der Waals surface area (Å²) in [5, 5.41) is 0.121. The van der Waals surface area contributed by atoms with Crippen molar-refractivity contribution in [2.75, 3.05) is 13.7 Å². The number of ether oxygens (including phenoxy) is 2. The summed E-state index contributed by atoms with van der Waals surface area (Å²) in [5.74, 6) is -0.361. The van der Waals surface area contributed by atoms with E-state index < -0.39 is 8.32 Å². The van der Waals surface area contributed by atoms with Gasteiger partial charge in [0, 0.05) is 11.5 Å². The third-order valence-corrected chi connectivity index (χ3v) is 10.0. The van der Waals surface area contributed by atoms with Crippen LogP contribution in [0.15, 0.2) is 42.0 Å². The van der Waals surface area contributed by atoms with E-state index in [9.17, 15) is 4.79 Å². The second-order valence-electron chi connectivity index (χ2n) is 8.41. The molecule has 0 fully saturated rings. The van der Waals surface area contributed by atoms with Gasteiger partial charge >= 0.3 is 5.97 Å². The second kappa shape index (κ2) is 8.50. The Labute approximate surface area is 158 Å². The summed E-state index contributed by atoms with van der Waals surface area (Å²) >= 11 is 0. The fraction of sp³-hybridized carbons (Fsp3) is 0.571. The van der Waals surface area contributed by atoms with Crippen molar-refractivity contribution in [3.63, 3.8) is 0 Å². The molecule has 0 amide bonds. The first-order valence-corrected chi connectivity index (χ1v) is 12.1. The predicted octanol–water partition coefficient (Wildman–Crippen LogP) is 4.71. The number of methoxy groups -OCH3 is 1. The molecule has 0 unspecified atom stereocenters. The quantitative estimate of drug-likeness (QED) is 0.510. The zero-order valence-electron chi connectivity index (χ0n) is 16.9. The summed E-state index contributed by atoms with van der Waals surface area (Å²) in [6, 6.07) is 10.1. The predicted molar refractivity (Wildman–Crippen MR) is 106 cm³/mol. The summed E-state index contributed by atoms with van der Waals surface area (Å²) in [6.45, 7) is 12.1. The van der Waals surface area contributed by atoms with Crippen molar-refractivity contribution in [3.05, 3.63) is 47.5 Å². The van der Waals surface area contributed by atoms with Gasteiger partial charge in [0.25, 0.3) is 0 Å². The van der Waals surface area contributed by atoms with Gasteiger partial charge in [0.1, 0.15) is 0 Å². The molecule has 1 aromatic rings. The zero-order valence-corrected chi connectivity index (χ0v) is 17.9. The van der Waals surface area contributed by atoms with Crippen LogP contribution in [0.1, 0.15) is 32.8 Å². The fourth-order valence-corrected chi connectivity index (χ4v) is 4.24. The summed E-state index contributed by atoms with van der Waals surface area (Å²) in [4.78, 5) is 12.2. The third kappa shape index (κ3) is 5.06. The van der Waals surface area contributed by atoms with Crippen LogP contribution in [0.4, 0.5) is 0 Å². The molecule has 1 aliphatic rings. The molecule has 0 radical (unpaired) electrons. The van der Waals surface area contributed by atoms with Crippen molar-refractivity contribution in [1.29, 1.82) is 0 Å². The molecule has 0 N–H and O–H groups in total. The summed E-state index contributed by atoms with van der Waals surface area (Å²) in [7, 11) is -0.507. The standard InChI is InChI=1S/C21H32O4Si/c1-21(2,3)26(5,6)25-19-13-12-17(20(22)23-4)18(19)15-24-14-16-10-8-7-9-11-16/h7-12,18-19H,13-15H2,1-6H3/t18-,19-/m0/s1. The van der Waals surface area contributed by atoms with E-state index in [1.165, 1.54) is 7.11 Å². The van der Waals surface area contributed by atoms with E-state index in [1.54, 1.807) is 0 Å². The Balaban J connectivity index is 2.06. The molecule has 1 aliphatic carbocycles. The first kappa shape index (κ1) is 20.9. The minimum absolute atomic E-state index is 0.0271. The van der Waals surface area contributed by atoms with E-state index in [1.807, 2.05) is 36.4 Å². The Morgan fingerprint density at radius 2 is 1.85 bits per heavy atom. The monoisotopic (exact) mass is 376 g/mol. The van der Waals surface area contributed by atoms with Crippen molar-refractivity contribution in [2.45, 2.75) is 58.0 Å². The molecule has 2 atom stereocenters. The van der Waals surface area contributed by atoms with Gasteiger partial charge in [-0.2, -0.15) is 0 Å². The molecular formula is C21H32O4Si. The molecule has 0 saturated carbocycles. The highest BCUT2D eigenvalue weighted by atomic mass is 28.4. The lowest BCUT2D eigenvalue weighted by atomic mass is 10.0. The van der Waals surface area contributed by atoms with Crippen molar-refractivity contribution in [1.82, 2.24) is 0 Å². The van der Waals surface area contributed by atoms with Gasteiger partial charge in [0.05, 0.1) is 26.4 Å². The van der Waals surface area contributed by atoms with E-state index in [0.29, 0.717) is 18.8 Å². The minimum Gasteiger partial charge on any atom is -0.466 e. The van der Waals surface area contributed by atoms with Crippen LogP contribution in [0.25, 0.3) is 0 Å².